The molecule has 1 fully saturated rings. The van der Waals surface area contributed by atoms with Gasteiger partial charge in [-0.2, -0.15) is 0 Å². The average Bonchev–Trinajstić information content (AvgIpc) is 3.41. The summed E-state index contributed by atoms with van der Waals surface area (Å²) < 4.78 is 7.47. The van der Waals surface area contributed by atoms with Crippen LogP contribution in [0.2, 0.25) is 0 Å². The largest absolute Gasteiger partial charge is 0.359 e. The molecule has 1 saturated carbocycles. The Labute approximate surface area is 177 Å². The minimum absolute atomic E-state index is 0.0441. The first kappa shape index (κ1) is 20.6. The van der Waals surface area contributed by atoms with Gasteiger partial charge in [0.05, 0.1) is 12.2 Å². The quantitative estimate of drug-likeness (QED) is 0.603. The van der Waals surface area contributed by atoms with Crippen LogP contribution in [0, 0.1) is 18.3 Å². The zero-order chi connectivity index (χ0) is 21.1. The topological polar surface area (TPSA) is 85.8 Å². The summed E-state index contributed by atoms with van der Waals surface area (Å²) in [5.74, 6) is 2.30. The highest BCUT2D eigenvalue weighted by Crippen LogP contribution is 2.44. The highest BCUT2D eigenvalue weighted by Gasteiger charge is 2.37. The van der Waals surface area contributed by atoms with Gasteiger partial charge in [-0.1, -0.05) is 31.8 Å². The van der Waals surface area contributed by atoms with Crippen LogP contribution < -0.4 is 5.32 Å². The number of pyridine rings is 1. The number of aromatic nitrogens is 4. The molecule has 30 heavy (non-hydrogen) atoms. The molecule has 0 radical (unpaired) electrons. The number of carbonyl (C=O) groups excluding carboxylic acids is 1. The van der Waals surface area contributed by atoms with Gasteiger partial charge in [-0.05, 0) is 43.2 Å². The smallest absolute Gasteiger partial charge is 0.220 e. The summed E-state index contributed by atoms with van der Waals surface area (Å²) in [7, 11) is 0. The lowest BCUT2D eigenvalue weighted by Crippen LogP contribution is -2.32. The number of aryl methyl sites for hydroxylation is 1. The summed E-state index contributed by atoms with van der Waals surface area (Å²) in [4.78, 5) is 22.3. The van der Waals surface area contributed by atoms with Crippen molar-refractivity contribution in [3.05, 3.63) is 41.7 Å². The van der Waals surface area contributed by atoms with E-state index in [9.17, 15) is 4.79 Å². The van der Waals surface area contributed by atoms with Crippen molar-refractivity contribution >= 4 is 17.1 Å². The van der Waals surface area contributed by atoms with Crippen molar-refractivity contribution in [2.45, 2.75) is 72.4 Å². The Hall–Kier alpha value is -2.70. The van der Waals surface area contributed by atoms with Gasteiger partial charge in [-0.3, -0.25) is 4.79 Å². The molecule has 160 valence electrons. The summed E-state index contributed by atoms with van der Waals surface area (Å²) in [5, 5.41) is 6.89. The highest BCUT2D eigenvalue weighted by atomic mass is 16.5. The number of fused-ring (bicyclic) bond motifs is 1. The van der Waals surface area contributed by atoms with Crippen molar-refractivity contribution in [1.29, 1.82) is 0 Å². The van der Waals surface area contributed by atoms with Crippen LogP contribution in [0.1, 0.15) is 63.2 Å². The minimum Gasteiger partial charge on any atom is -0.359 e. The maximum Gasteiger partial charge on any atom is 0.220 e. The van der Waals surface area contributed by atoms with Gasteiger partial charge in [-0.25, -0.2) is 9.97 Å². The van der Waals surface area contributed by atoms with Crippen LogP contribution in [-0.4, -0.2) is 25.6 Å². The Morgan fingerprint density at radius 1 is 1.33 bits per heavy atom. The van der Waals surface area contributed by atoms with Gasteiger partial charge in [0.1, 0.15) is 11.3 Å². The number of hydrogen-bond donors (Lipinski definition) is 1. The summed E-state index contributed by atoms with van der Waals surface area (Å²) >= 11 is 0. The molecule has 1 amide bonds. The number of imidazole rings is 1. The molecule has 4 rings (SSSR count). The Balaban J connectivity index is 1.52. The average molecular weight is 410 g/mol. The lowest BCUT2D eigenvalue weighted by molar-refractivity contribution is -0.123. The second kappa shape index (κ2) is 8.58. The van der Waals surface area contributed by atoms with Crippen molar-refractivity contribution in [3.63, 3.8) is 0 Å². The van der Waals surface area contributed by atoms with Crippen LogP contribution in [0.4, 0.5) is 0 Å². The van der Waals surface area contributed by atoms with Crippen LogP contribution >= 0.6 is 0 Å². The van der Waals surface area contributed by atoms with E-state index in [1.807, 2.05) is 31.3 Å². The van der Waals surface area contributed by atoms with Crippen LogP contribution in [0.3, 0.4) is 0 Å². The lowest BCUT2D eigenvalue weighted by Gasteiger charge is -2.28. The SMILES string of the molecule is Cc1cc(CNC(=O)CC2(Cc3nc4cccnc4n3CC(C)C)CCCC2)on1. The zero-order valence-corrected chi connectivity index (χ0v) is 18.1. The van der Waals surface area contributed by atoms with E-state index >= 15 is 0 Å². The van der Waals surface area contributed by atoms with Crippen molar-refractivity contribution in [2.75, 3.05) is 0 Å². The second-order valence-corrected chi connectivity index (χ2v) is 9.15. The van der Waals surface area contributed by atoms with E-state index in [4.69, 9.17) is 9.51 Å². The highest BCUT2D eigenvalue weighted by molar-refractivity contribution is 5.77. The van der Waals surface area contributed by atoms with Crippen LogP contribution in [0.5, 0.6) is 0 Å². The molecular weight excluding hydrogens is 378 g/mol. The molecule has 0 atom stereocenters. The molecule has 7 nitrogen and oxygen atoms in total. The molecule has 1 aliphatic carbocycles. The number of rotatable bonds is 8. The standard InChI is InChI=1S/C23H31N5O2/c1-16(2)15-28-20(26-19-7-6-10-24-22(19)28)12-23(8-4-5-9-23)13-21(29)25-14-18-11-17(3)27-30-18/h6-7,10-11,16H,4-5,8-9,12-15H2,1-3H3,(H,25,29). The van der Waals surface area contributed by atoms with Crippen molar-refractivity contribution in [2.24, 2.45) is 11.3 Å². The Kier molecular flexibility index (Phi) is 5.88. The number of carbonyl (C=O) groups is 1. The molecule has 3 aromatic heterocycles. The van der Waals surface area contributed by atoms with Gasteiger partial charge < -0.3 is 14.4 Å². The third-order valence-corrected chi connectivity index (χ3v) is 6.00. The molecule has 0 aromatic carbocycles. The van der Waals surface area contributed by atoms with E-state index in [2.05, 4.69) is 33.9 Å². The molecule has 0 saturated heterocycles. The van der Waals surface area contributed by atoms with Gasteiger partial charge in [-0.15, -0.1) is 0 Å². The van der Waals surface area contributed by atoms with E-state index in [1.54, 1.807) is 0 Å². The van der Waals surface area contributed by atoms with Crippen molar-refractivity contribution < 1.29 is 9.32 Å². The summed E-state index contributed by atoms with van der Waals surface area (Å²) in [6.45, 7) is 7.56. The molecule has 3 heterocycles. The lowest BCUT2D eigenvalue weighted by atomic mass is 9.79. The molecular formula is C23H31N5O2. The molecule has 0 bridgehead atoms. The first-order chi connectivity index (χ1) is 14.4. The van der Waals surface area contributed by atoms with E-state index in [0.717, 1.165) is 61.3 Å². The fourth-order valence-electron chi connectivity index (χ4n) is 4.66. The maximum atomic E-state index is 12.8. The minimum atomic E-state index is -0.0441. The van der Waals surface area contributed by atoms with Crippen molar-refractivity contribution in [1.82, 2.24) is 25.0 Å². The number of hydrogen-bond acceptors (Lipinski definition) is 5. The summed E-state index contributed by atoms with van der Waals surface area (Å²) in [5.41, 5.74) is 2.66. The van der Waals surface area contributed by atoms with Gasteiger partial charge in [0, 0.05) is 31.6 Å². The van der Waals surface area contributed by atoms with Crippen LogP contribution in [-0.2, 0) is 24.3 Å². The zero-order valence-electron chi connectivity index (χ0n) is 18.1. The first-order valence-electron chi connectivity index (χ1n) is 10.9. The number of amides is 1. The molecule has 3 aromatic rings. The fourth-order valence-corrected chi connectivity index (χ4v) is 4.66. The Morgan fingerprint density at radius 2 is 2.13 bits per heavy atom. The Morgan fingerprint density at radius 3 is 2.83 bits per heavy atom. The van der Waals surface area contributed by atoms with Gasteiger partial charge in [0.25, 0.3) is 0 Å². The monoisotopic (exact) mass is 409 g/mol. The third-order valence-electron chi connectivity index (χ3n) is 6.00. The van der Waals surface area contributed by atoms with Gasteiger partial charge in [0.15, 0.2) is 11.4 Å². The summed E-state index contributed by atoms with van der Waals surface area (Å²) in [6, 6.07) is 5.81. The van der Waals surface area contributed by atoms with Gasteiger partial charge >= 0.3 is 0 Å². The molecule has 1 aliphatic rings. The fraction of sp³-hybridized carbons (Fsp3) is 0.565. The van der Waals surface area contributed by atoms with Crippen LogP contribution in [0.25, 0.3) is 11.2 Å². The molecule has 7 heteroatoms. The van der Waals surface area contributed by atoms with E-state index < -0.39 is 0 Å². The number of nitrogens with zero attached hydrogens (tertiary/aromatic N) is 4. The predicted molar refractivity (Wildman–Crippen MR) is 115 cm³/mol. The summed E-state index contributed by atoms with van der Waals surface area (Å²) in [6.07, 6.45) is 7.59. The molecule has 1 N–H and O–H groups in total. The maximum absolute atomic E-state index is 12.8. The van der Waals surface area contributed by atoms with E-state index in [-0.39, 0.29) is 11.3 Å². The normalized spacial score (nSPS) is 15.9. The van der Waals surface area contributed by atoms with E-state index in [1.165, 1.54) is 0 Å². The molecule has 0 aliphatic heterocycles. The molecule has 0 unspecified atom stereocenters. The predicted octanol–water partition coefficient (Wildman–Crippen LogP) is 4.19. The second-order valence-electron chi connectivity index (χ2n) is 9.15. The Bertz CT molecular complexity index is 1010. The van der Waals surface area contributed by atoms with E-state index in [0.29, 0.717) is 24.6 Å². The van der Waals surface area contributed by atoms with Crippen LogP contribution in [0.15, 0.2) is 28.9 Å². The van der Waals surface area contributed by atoms with Gasteiger partial charge in [0.2, 0.25) is 5.91 Å². The van der Waals surface area contributed by atoms with Crippen molar-refractivity contribution in [3.8, 4) is 0 Å². The number of nitrogens with one attached hydrogen (secondary N) is 1. The molecule has 0 spiro atoms. The third kappa shape index (κ3) is 4.55. The first-order valence-corrected chi connectivity index (χ1v) is 10.9.